The van der Waals surface area contributed by atoms with Gasteiger partial charge in [0.25, 0.3) is 0 Å². The van der Waals surface area contributed by atoms with Crippen molar-refractivity contribution in [3.8, 4) is 0 Å². The lowest BCUT2D eigenvalue weighted by atomic mass is 10.2. The number of hydrogen-bond acceptors (Lipinski definition) is 2. The minimum Gasteiger partial charge on any atom is -0.384 e. The summed E-state index contributed by atoms with van der Waals surface area (Å²) in [5.41, 5.74) is 0. The fourth-order valence-electron chi connectivity index (χ4n) is 0. The normalized spacial score (nSPS) is 26.2. The minimum absolute atomic E-state index is 0.472. The van der Waals surface area contributed by atoms with E-state index in [9.17, 15) is 8.78 Å². The van der Waals surface area contributed by atoms with Crippen molar-refractivity contribution in [2.75, 3.05) is 0 Å². The van der Waals surface area contributed by atoms with Crippen molar-refractivity contribution in [2.24, 2.45) is 0 Å². The molecule has 0 spiro atoms. The Labute approximate surface area is 45.8 Å². The van der Waals surface area contributed by atoms with E-state index in [2.05, 4.69) is 6.92 Å². The summed E-state index contributed by atoms with van der Waals surface area (Å²) in [5, 5.41) is 16.0. The molecule has 2 unspecified atom stereocenters. The van der Waals surface area contributed by atoms with Crippen LogP contribution in [-0.2, 0) is 0 Å². The highest BCUT2D eigenvalue weighted by atomic mass is 19.2. The van der Waals surface area contributed by atoms with E-state index in [0.29, 0.717) is 6.92 Å². The lowest BCUT2D eigenvalue weighted by Gasteiger charge is -2.29. The van der Waals surface area contributed by atoms with Crippen LogP contribution in [0, 0.1) is 6.92 Å². The molecule has 4 heteroatoms. The molecule has 0 aliphatic heterocycles. The number of rotatable bonds is 1. The summed E-state index contributed by atoms with van der Waals surface area (Å²) in [4.78, 5) is 0. The molecule has 0 fully saturated rings. The average Bonchev–Trinajstić information content (AvgIpc) is 1.25. The van der Waals surface area contributed by atoms with Gasteiger partial charge in [0.05, 0.1) is 0 Å². The lowest BCUT2D eigenvalue weighted by molar-refractivity contribution is -0.254. The van der Waals surface area contributed by atoms with Crippen LogP contribution < -0.4 is 0 Å². The second kappa shape index (κ2) is 1.63. The summed E-state index contributed by atoms with van der Waals surface area (Å²) in [5.74, 6) is -6.71. The van der Waals surface area contributed by atoms with Crippen molar-refractivity contribution in [2.45, 2.75) is 18.6 Å². The van der Waals surface area contributed by atoms with Crippen LogP contribution >= 0.6 is 0 Å². The van der Waals surface area contributed by atoms with Gasteiger partial charge in [0.1, 0.15) is 5.85 Å². The van der Waals surface area contributed by atoms with Crippen LogP contribution in [0.5, 0.6) is 0 Å². The second-order valence-corrected chi connectivity index (χ2v) is 1.71. The Kier molecular flexibility index (Phi) is 1.59. The van der Waals surface area contributed by atoms with Gasteiger partial charge in [-0.1, -0.05) is 0 Å². The van der Waals surface area contributed by atoms with E-state index in [-0.39, 0.29) is 0 Å². The van der Waals surface area contributed by atoms with Gasteiger partial charge in [-0.2, -0.15) is 0 Å². The van der Waals surface area contributed by atoms with Crippen LogP contribution in [0.1, 0.15) is 6.92 Å². The summed E-state index contributed by atoms with van der Waals surface area (Å²) < 4.78 is 23.5. The van der Waals surface area contributed by atoms with Gasteiger partial charge in [-0.05, 0) is 6.92 Å². The number of alkyl halides is 2. The Morgan fingerprint density at radius 1 is 1.38 bits per heavy atom. The first kappa shape index (κ1) is 7.78. The Bertz CT molecular complexity index is 67.0. The highest BCUT2D eigenvalue weighted by Crippen LogP contribution is 2.23. The summed E-state index contributed by atoms with van der Waals surface area (Å²) in [6.07, 6.45) is 0. The van der Waals surface area contributed by atoms with Crippen molar-refractivity contribution in [1.82, 2.24) is 0 Å². The van der Waals surface area contributed by atoms with Crippen LogP contribution in [-0.4, -0.2) is 21.9 Å². The van der Waals surface area contributed by atoms with Gasteiger partial charge in [-0.15, -0.1) is 0 Å². The summed E-state index contributed by atoms with van der Waals surface area (Å²) in [7, 11) is 0. The number of halogens is 2. The average molecular weight is 125 g/mol. The Morgan fingerprint density at radius 2 is 1.50 bits per heavy atom. The third-order valence-corrected chi connectivity index (χ3v) is 0.699. The molecule has 0 aromatic heterocycles. The van der Waals surface area contributed by atoms with E-state index in [1.165, 1.54) is 0 Å². The molecule has 0 aromatic rings. The van der Waals surface area contributed by atoms with E-state index in [0.717, 1.165) is 0 Å². The second-order valence-electron chi connectivity index (χ2n) is 1.71. The minimum atomic E-state index is -3.42. The molecular formula is C4H7F2O2-. The zero-order valence-electron chi connectivity index (χ0n) is 4.36. The van der Waals surface area contributed by atoms with Gasteiger partial charge in [0, 0.05) is 0 Å². The SMILES string of the molecule is [CH2-]C(O)(F)C(C)(O)F. The van der Waals surface area contributed by atoms with E-state index < -0.39 is 11.7 Å². The Morgan fingerprint density at radius 3 is 1.50 bits per heavy atom. The van der Waals surface area contributed by atoms with Crippen molar-refractivity contribution >= 4 is 0 Å². The van der Waals surface area contributed by atoms with E-state index in [1.807, 2.05) is 0 Å². The lowest BCUT2D eigenvalue weighted by Crippen LogP contribution is -2.42. The molecule has 0 saturated heterocycles. The van der Waals surface area contributed by atoms with Crippen LogP contribution in [0.2, 0.25) is 0 Å². The van der Waals surface area contributed by atoms with E-state index in [4.69, 9.17) is 10.2 Å². The summed E-state index contributed by atoms with van der Waals surface area (Å²) in [6, 6.07) is 0. The largest absolute Gasteiger partial charge is 0.384 e. The van der Waals surface area contributed by atoms with Crippen molar-refractivity contribution in [1.29, 1.82) is 0 Å². The van der Waals surface area contributed by atoms with Gasteiger partial charge in [-0.3, -0.25) is 6.92 Å². The molecule has 2 atom stereocenters. The zero-order chi connectivity index (χ0) is 7.00. The molecule has 50 valence electrons. The van der Waals surface area contributed by atoms with E-state index in [1.54, 1.807) is 0 Å². The molecule has 0 bridgehead atoms. The number of hydrogen-bond donors (Lipinski definition) is 2. The first-order valence-electron chi connectivity index (χ1n) is 1.93. The topological polar surface area (TPSA) is 40.5 Å². The van der Waals surface area contributed by atoms with Gasteiger partial charge in [0.15, 0.2) is 0 Å². The predicted octanol–water partition coefficient (Wildman–Crippen LogP) is 0.157. The molecule has 0 rings (SSSR count). The van der Waals surface area contributed by atoms with Crippen LogP contribution in [0.3, 0.4) is 0 Å². The molecule has 0 aliphatic rings. The molecule has 2 N–H and O–H groups in total. The van der Waals surface area contributed by atoms with Crippen molar-refractivity contribution < 1.29 is 19.0 Å². The summed E-state index contributed by atoms with van der Waals surface area (Å²) in [6.45, 7) is 2.78. The van der Waals surface area contributed by atoms with Crippen molar-refractivity contribution in [3.05, 3.63) is 6.92 Å². The molecule has 0 heterocycles. The molecule has 8 heavy (non-hydrogen) atoms. The van der Waals surface area contributed by atoms with Crippen LogP contribution in [0.25, 0.3) is 0 Å². The van der Waals surface area contributed by atoms with Crippen LogP contribution in [0.15, 0.2) is 0 Å². The third-order valence-electron chi connectivity index (χ3n) is 0.699. The highest BCUT2D eigenvalue weighted by molar-refractivity contribution is 4.80. The van der Waals surface area contributed by atoms with Gasteiger partial charge < -0.3 is 10.2 Å². The fraction of sp³-hybridized carbons (Fsp3) is 0.750. The highest BCUT2D eigenvalue weighted by Gasteiger charge is 2.35. The van der Waals surface area contributed by atoms with Crippen molar-refractivity contribution in [3.63, 3.8) is 0 Å². The smallest absolute Gasteiger partial charge is 0.232 e. The monoisotopic (exact) mass is 125 g/mol. The van der Waals surface area contributed by atoms with Crippen LogP contribution in [0.4, 0.5) is 8.78 Å². The standard InChI is InChI=1S/C4H7F2O2/c1-3(5,7)4(2,6)8/h7-8H,1H2,2H3/q-1. The molecule has 0 saturated carbocycles. The zero-order valence-corrected chi connectivity index (χ0v) is 4.36. The quantitative estimate of drug-likeness (QED) is 0.490. The fourth-order valence-corrected chi connectivity index (χ4v) is 0. The molecule has 0 radical (unpaired) electrons. The van der Waals surface area contributed by atoms with Gasteiger partial charge >= 0.3 is 0 Å². The number of aliphatic hydroxyl groups is 2. The Balaban J connectivity index is 4.02. The Hall–Kier alpha value is -0.220. The van der Waals surface area contributed by atoms with E-state index >= 15 is 0 Å². The van der Waals surface area contributed by atoms with Gasteiger partial charge in [0.2, 0.25) is 5.85 Å². The maximum Gasteiger partial charge on any atom is 0.232 e. The first-order valence-corrected chi connectivity index (χ1v) is 1.93. The third kappa shape index (κ3) is 1.71. The predicted molar refractivity (Wildman–Crippen MR) is 23.1 cm³/mol. The maximum atomic E-state index is 11.8. The molecule has 0 amide bonds. The molecule has 0 aliphatic carbocycles. The van der Waals surface area contributed by atoms with Gasteiger partial charge in [-0.25, -0.2) is 8.78 Å². The first-order chi connectivity index (χ1) is 3.25. The molecular weight excluding hydrogens is 118 g/mol. The summed E-state index contributed by atoms with van der Waals surface area (Å²) >= 11 is 0. The molecule has 0 aromatic carbocycles. The maximum absolute atomic E-state index is 11.8. The molecule has 2 nitrogen and oxygen atoms in total.